The highest BCUT2D eigenvalue weighted by molar-refractivity contribution is 7.89. The molecule has 0 spiro atoms. The van der Waals surface area contributed by atoms with Crippen LogP contribution >= 0.6 is 0 Å². The minimum Gasteiger partial charge on any atom is -0.368 e. The van der Waals surface area contributed by atoms with Crippen molar-refractivity contribution in [2.45, 2.75) is 43.3 Å². The maximum Gasteiger partial charge on any atom is 0.318 e. The van der Waals surface area contributed by atoms with Crippen LogP contribution in [0.25, 0.3) is 10.9 Å². The number of nitrogens with one attached hydrogen (secondary N) is 3. The predicted octanol–water partition coefficient (Wildman–Crippen LogP) is 1.17. The van der Waals surface area contributed by atoms with Crippen molar-refractivity contribution in [3.63, 3.8) is 0 Å². The molecular weight excluding hydrogens is 508 g/mol. The molecule has 2 aromatic carbocycles. The topological polar surface area (TPSA) is 158 Å². The Balaban J connectivity index is 1.58. The van der Waals surface area contributed by atoms with Gasteiger partial charge in [0.25, 0.3) is 0 Å². The van der Waals surface area contributed by atoms with Crippen molar-refractivity contribution in [2.24, 2.45) is 5.73 Å². The summed E-state index contributed by atoms with van der Waals surface area (Å²) in [6, 6.07) is 12.5. The van der Waals surface area contributed by atoms with Gasteiger partial charge >= 0.3 is 6.03 Å². The lowest BCUT2D eigenvalue weighted by Crippen LogP contribution is -2.64. The molecule has 3 aromatic rings. The number of hydrogen-bond acceptors (Lipinski definition) is 5. The Bertz CT molecular complexity index is 1420. The first-order chi connectivity index (χ1) is 18.1. The van der Waals surface area contributed by atoms with Gasteiger partial charge in [0.05, 0.1) is 4.90 Å². The quantitative estimate of drug-likeness (QED) is 0.337. The van der Waals surface area contributed by atoms with E-state index in [1.807, 2.05) is 24.3 Å². The zero-order chi connectivity index (χ0) is 27.4. The lowest BCUT2D eigenvalue weighted by molar-refractivity contribution is -0.131. The summed E-state index contributed by atoms with van der Waals surface area (Å²) < 4.78 is 27.7. The minimum atomic E-state index is -3.91. The van der Waals surface area contributed by atoms with Gasteiger partial charge in [0.1, 0.15) is 12.1 Å². The van der Waals surface area contributed by atoms with E-state index < -0.39 is 40.0 Å². The molecule has 0 aliphatic carbocycles. The van der Waals surface area contributed by atoms with Gasteiger partial charge in [0.2, 0.25) is 21.8 Å². The molecule has 4 amide bonds. The number of amides is 4. The molecule has 12 heteroatoms. The second-order valence-electron chi connectivity index (χ2n) is 9.52. The van der Waals surface area contributed by atoms with E-state index in [0.717, 1.165) is 16.5 Å². The van der Waals surface area contributed by atoms with Gasteiger partial charge in [-0.3, -0.25) is 9.59 Å². The number of carbonyl (C=O) groups excluding carboxylic acids is 3. The van der Waals surface area contributed by atoms with E-state index in [1.54, 1.807) is 38.2 Å². The molecule has 202 valence electrons. The molecule has 11 nitrogen and oxygen atoms in total. The Morgan fingerprint density at radius 2 is 1.71 bits per heavy atom. The first-order valence-electron chi connectivity index (χ1n) is 12.3. The molecule has 1 aliphatic rings. The van der Waals surface area contributed by atoms with E-state index in [0.29, 0.717) is 0 Å². The number of aromatic amines is 1. The average Bonchev–Trinajstić information content (AvgIpc) is 3.30. The third kappa shape index (κ3) is 5.81. The summed E-state index contributed by atoms with van der Waals surface area (Å²) in [4.78, 5) is 43.4. The van der Waals surface area contributed by atoms with Gasteiger partial charge in [-0.1, -0.05) is 36.4 Å². The highest BCUT2D eigenvalue weighted by Gasteiger charge is 2.41. The average molecular weight is 541 g/mol. The van der Waals surface area contributed by atoms with Gasteiger partial charge < -0.3 is 26.3 Å². The first kappa shape index (κ1) is 27.1. The second kappa shape index (κ2) is 11.2. The Morgan fingerprint density at radius 3 is 2.39 bits per heavy atom. The monoisotopic (exact) mass is 540 g/mol. The number of para-hydroxylation sites is 1. The van der Waals surface area contributed by atoms with Crippen LogP contribution in [0.3, 0.4) is 0 Å². The number of piperazine rings is 1. The summed E-state index contributed by atoms with van der Waals surface area (Å²) in [5.41, 5.74) is 7.31. The molecule has 0 unspecified atom stereocenters. The molecule has 1 aromatic heterocycles. The molecule has 4 rings (SSSR count). The van der Waals surface area contributed by atoms with Crippen molar-refractivity contribution in [2.75, 3.05) is 19.6 Å². The first-order valence-corrected chi connectivity index (χ1v) is 13.8. The number of hydrogen-bond donors (Lipinski definition) is 4. The summed E-state index contributed by atoms with van der Waals surface area (Å²) in [7, 11) is -3.91. The van der Waals surface area contributed by atoms with Crippen molar-refractivity contribution in [1.29, 1.82) is 0 Å². The molecule has 2 atom stereocenters. The molecule has 0 saturated carbocycles. The summed E-state index contributed by atoms with van der Waals surface area (Å²) in [5, 5.41) is 6.32. The Kier molecular flexibility index (Phi) is 8.02. The fraction of sp³-hybridized carbons (Fsp3) is 0.346. The summed E-state index contributed by atoms with van der Waals surface area (Å²) >= 11 is 0. The number of urea groups is 1. The Hall–Kier alpha value is -3.90. The fourth-order valence-electron chi connectivity index (χ4n) is 4.53. The summed E-state index contributed by atoms with van der Waals surface area (Å²) in [6.07, 6.45) is 1.88. The van der Waals surface area contributed by atoms with Gasteiger partial charge in [-0.15, -0.1) is 0 Å². The van der Waals surface area contributed by atoms with Gasteiger partial charge in [-0.05, 0) is 37.6 Å². The molecule has 5 N–H and O–H groups in total. The number of sulfonamides is 1. The van der Waals surface area contributed by atoms with Crippen molar-refractivity contribution in [3.8, 4) is 0 Å². The smallest absolute Gasteiger partial charge is 0.318 e. The van der Waals surface area contributed by atoms with Crippen LogP contribution in [0.4, 0.5) is 4.79 Å². The molecule has 38 heavy (non-hydrogen) atoms. The van der Waals surface area contributed by atoms with E-state index in [2.05, 4.69) is 15.6 Å². The molecule has 1 fully saturated rings. The highest BCUT2D eigenvalue weighted by Crippen LogP contribution is 2.22. The van der Waals surface area contributed by atoms with Crippen LogP contribution < -0.4 is 16.4 Å². The largest absolute Gasteiger partial charge is 0.368 e. The van der Waals surface area contributed by atoms with Crippen LogP contribution in [-0.2, 0) is 26.0 Å². The maximum atomic E-state index is 13.5. The third-order valence-corrected chi connectivity index (χ3v) is 8.34. The molecule has 1 saturated heterocycles. The van der Waals surface area contributed by atoms with Crippen molar-refractivity contribution in [3.05, 3.63) is 66.4 Å². The number of fused-ring (bicyclic) bond motifs is 1. The van der Waals surface area contributed by atoms with E-state index in [9.17, 15) is 22.8 Å². The minimum absolute atomic E-state index is 0.00755. The fourth-order valence-corrected chi connectivity index (χ4v) is 5.98. The van der Waals surface area contributed by atoms with Gasteiger partial charge in [0, 0.05) is 49.2 Å². The van der Waals surface area contributed by atoms with Crippen molar-refractivity contribution < 1.29 is 22.8 Å². The second-order valence-corrected chi connectivity index (χ2v) is 11.5. The van der Waals surface area contributed by atoms with Gasteiger partial charge in [0.15, 0.2) is 0 Å². The van der Waals surface area contributed by atoms with Crippen LogP contribution in [-0.4, -0.2) is 78.2 Å². The zero-order valence-electron chi connectivity index (χ0n) is 21.3. The van der Waals surface area contributed by atoms with Crippen LogP contribution in [0, 0.1) is 0 Å². The standard InChI is InChI=1S/C26H32N6O5S/c1-17(2)29-26(35)32-13-12-31(38(36,37)19-8-4-3-5-9-19)16-23(32)25(34)30-22(24(27)33)14-18-15-28-21-11-7-6-10-20(18)21/h3-11,15,17,22-23,28H,12-14,16H2,1-2H3,(H2,27,33)(H,29,35)(H,30,34)/t22-,23+/m1/s1. The zero-order valence-corrected chi connectivity index (χ0v) is 22.1. The van der Waals surface area contributed by atoms with E-state index in [1.165, 1.54) is 21.3 Å². The third-order valence-electron chi connectivity index (χ3n) is 6.46. The highest BCUT2D eigenvalue weighted by atomic mass is 32.2. The number of primary amides is 1. The van der Waals surface area contributed by atoms with Crippen molar-refractivity contribution >= 4 is 38.8 Å². The van der Waals surface area contributed by atoms with E-state index in [-0.39, 0.29) is 37.0 Å². The molecular formula is C26H32N6O5S. The van der Waals surface area contributed by atoms with Crippen LogP contribution in [0.15, 0.2) is 65.7 Å². The Morgan fingerprint density at radius 1 is 1.03 bits per heavy atom. The van der Waals surface area contributed by atoms with Gasteiger partial charge in [-0.25, -0.2) is 13.2 Å². The number of H-pyrrole nitrogens is 1. The number of aromatic nitrogens is 1. The molecule has 0 bridgehead atoms. The normalized spacial score (nSPS) is 17.3. The van der Waals surface area contributed by atoms with E-state index in [4.69, 9.17) is 5.73 Å². The SMILES string of the molecule is CC(C)NC(=O)N1CCN(S(=O)(=O)c2ccccc2)C[C@H]1C(=O)N[C@H](Cc1c[nH]c2ccccc12)C(N)=O. The van der Waals surface area contributed by atoms with Crippen LogP contribution in [0.5, 0.6) is 0 Å². The Labute approximate surface area is 221 Å². The van der Waals surface area contributed by atoms with Gasteiger partial charge in [-0.2, -0.15) is 4.31 Å². The van der Waals surface area contributed by atoms with Crippen LogP contribution in [0.2, 0.25) is 0 Å². The number of rotatable bonds is 8. The number of nitrogens with zero attached hydrogens (tertiary/aromatic N) is 2. The predicted molar refractivity (Wildman–Crippen MR) is 142 cm³/mol. The van der Waals surface area contributed by atoms with Crippen molar-refractivity contribution in [1.82, 2.24) is 24.8 Å². The summed E-state index contributed by atoms with van der Waals surface area (Å²) in [6.45, 7) is 3.31. The lowest BCUT2D eigenvalue weighted by Gasteiger charge is -2.40. The molecule has 2 heterocycles. The maximum absolute atomic E-state index is 13.5. The van der Waals surface area contributed by atoms with E-state index >= 15 is 0 Å². The number of benzene rings is 2. The lowest BCUT2D eigenvalue weighted by atomic mass is 10.0. The number of carbonyl (C=O) groups is 3. The molecule has 0 radical (unpaired) electrons. The number of nitrogens with two attached hydrogens (primary N) is 1. The molecule has 1 aliphatic heterocycles. The summed E-state index contributed by atoms with van der Waals surface area (Å²) in [5.74, 6) is -1.41. The van der Waals surface area contributed by atoms with Crippen LogP contribution in [0.1, 0.15) is 19.4 Å².